The fourth-order valence-electron chi connectivity index (χ4n) is 2.88. The first-order valence-corrected chi connectivity index (χ1v) is 8.90. The number of pyridine rings is 1. The lowest BCUT2D eigenvalue weighted by atomic mass is 10.2. The average molecular weight is 345 g/mol. The van der Waals surface area contributed by atoms with Gasteiger partial charge in [-0.15, -0.1) is 10.2 Å². The Hall–Kier alpha value is -2.19. The average Bonchev–Trinajstić information content (AvgIpc) is 3.07. The van der Waals surface area contributed by atoms with E-state index in [2.05, 4.69) is 44.6 Å². The minimum atomic E-state index is 0.432. The van der Waals surface area contributed by atoms with E-state index in [0.29, 0.717) is 12.6 Å². The summed E-state index contributed by atoms with van der Waals surface area (Å²) in [4.78, 5) is 7.09. The van der Waals surface area contributed by atoms with Gasteiger partial charge in [-0.3, -0.25) is 9.30 Å². The Morgan fingerprint density at radius 1 is 1.28 bits per heavy atom. The van der Waals surface area contributed by atoms with Gasteiger partial charge >= 0.3 is 0 Å². The Labute approximate surface area is 148 Å². The zero-order chi connectivity index (χ0) is 17.5. The normalized spacial score (nSPS) is 17.6. The molecule has 136 valence electrons. The molecule has 0 amide bonds. The molecule has 1 fully saturated rings. The lowest BCUT2D eigenvalue weighted by Gasteiger charge is -2.32. The maximum Gasteiger partial charge on any atom is 0.191 e. The van der Waals surface area contributed by atoms with Gasteiger partial charge in [0.2, 0.25) is 0 Å². The zero-order valence-corrected chi connectivity index (χ0v) is 15.0. The molecule has 2 aromatic heterocycles. The van der Waals surface area contributed by atoms with Crippen LogP contribution in [0.5, 0.6) is 0 Å². The summed E-state index contributed by atoms with van der Waals surface area (Å²) in [5.74, 6) is 1.63. The topological polar surface area (TPSA) is 79.1 Å². The van der Waals surface area contributed by atoms with Crippen LogP contribution in [-0.2, 0) is 11.3 Å². The van der Waals surface area contributed by atoms with Crippen molar-refractivity contribution >= 4 is 11.6 Å². The molecule has 0 spiro atoms. The molecule has 2 N–H and O–H groups in total. The van der Waals surface area contributed by atoms with Crippen molar-refractivity contribution in [3.8, 4) is 0 Å². The highest BCUT2D eigenvalue weighted by atomic mass is 16.5. The molecule has 1 saturated heterocycles. The summed E-state index contributed by atoms with van der Waals surface area (Å²) in [7, 11) is 0. The van der Waals surface area contributed by atoms with Gasteiger partial charge in [-0.1, -0.05) is 6.07 Å². The number of nitrogens with zero attached hydrogens (tertiary/aromatic N) is 5. The number of aliphatic imine (C=N–C) groups is 1. The smallest absolute Gasteiger partial charge is 0.191 e. The molecule has 1 atom stereocenters. The molecule has 0 radical (unpaired) electrons. The van der Waals surface area contributed by atoms with Gasteiger partial charge in [0.25, 0.3) is 0 Å². The molecule has 8 nitrogen and oxygen atoms in total. The summed E-state index contributed by atoms with van der Waals surface area (Å²) in [6, 6.07) is 6.29. The summed E-state index contributed by atoms with van der Waals surface area (Å²) in [5, 5.41) is 15.1. The molecule has 0 aliphatic carbocycles. The minimum absolute atomic E-state index is 0.432. The molecule has 3 heterocycles. The molecule has 8 heteroatoms. The van der Waals surface area contributed by atoms with Crippen LogP contribution in [0.4, 0.5) is 0 Å². The number of morpholine rings is 1. The van der Waals surface area contributed by atoms with Gasteiger partial charge in [0.1, 0.15) is 6.54 Å². The number of nitrogens with one attached hydrogen (secondary N) is 2. The predicted octanol–water partition coefficient (Wildman–Crippen LogP) is 0.505. The molecule has 0 aromatic carbocycles. The highest BCUT2D eigenvalue weighted by molar-refractivity contribution is 5.79. The number of ether oxygens (including phenoxy) is 1. The predicted molar refractivity (Wildman–Crippen MR) is 97.7 cm³/mol. The van der Waals surface area contributed by atoms with E-state index in [1.54, 1.807) is 0 Å². The molecular weight excluding hydrogens is 318 g/mol. The second kappa shape index (κ2) is 8.77. The highest BCUT2D eigenvalue weighted by Crippen LogP contribution is 2.04. The van der Waals surface area contributed by atoms with E-state index in [0.717, 1.165) is 56.8 Å². The van der Waals surface area contributed by atoms with Crippen molar-refractivity contribution in [3.63, 3.8) is 0 Å². The molecular formula is C17H27N7O. The van der Waals surface area contributed by atoms with Gasteiger partial charge in [-0.05, 0) is 26.0 Å². The summed E-state index contributed by atoms with van der Waals surface area (Å²) in [6.07, 6.45) is 1.96. The molecule has 1 aliphatic heterocycles. The number of rotatable bonds is 6. The second-order valence-electron chi connectivity index (χ2n) is 6.12. The van der Waals surface area contributed by atoms with Crippen LogP contribution in [0.1, 0.15) is 19.7 Å². The van der Waals surface area contributed by atoms with Crippen molar-refractivity contribution in [1.29, 1.82) is 0 Å². The third-order valence-corrected chi connectivity index (χ3v) is 4.34. The lowest BCUT2D eigenvalue weighted by Crippen LogP contribution is -2.49. The summed E-state index contributed by atoms with van der Waals surface area (Å²) >= 11 is 0. The SMILES string of the molecule is CCNC(=NCc1nnc2ccccn12)NCC(C)N1CCOCC1. The van der Waals surface area contributed by atoms with E-state index < -0.39 is 0 Å². The van der Waals surface area contributed by atoms with Crippen LogP contribution in [0.3, 0.4) is 0 Å². The van der Waals surface area contributed by atoms with Crippen LogP contribution in [0.15, 0.2) is 29.4 Å². The molecule has 1 unspecified atom stereocenters. The van der Waals surface area contributed by atoms with Crippen LogP contribution in [-0.4, -0.2) is 70.9 Å². The quantitative estimate of drug-likeness (QED) is 0.586. The Bertz CT molecular complexity index is 693. The number of hydrogen-bond donors (Lipinski definition) is 2. The number of guanidine groups is 1. The van der Waals surface area contributed by atoms with Crippen LogP contribution >= 0.6 is 0 Å². The largest absolute Gasteiger partial charge is 0.379 e. The van der Waals surface area contributed by atoms with Gasteiger partial charge < -0.3 is 15.4 Å². The number of fused-ring (bicyclic) bond motifs is 1. The first-order chi connectivity index (χ1) is 12.3. The molecule has 0 saturated carbocycles. The fourth-order valence-corrected chi connectivity index (χ4v) is 2.88. The van der Waals surface area contributed by atoms with Crippen molar-refractivity contribution in [2.45, 2.75) is 26.4 Å². The van der Waals surface area contributed by atoms with Crippen molar-refractivity contribution in [3.05, 3.63) is 30.2 Å². The fraction of sp³-hybridized carbons (Fsp3) is 0.588. The maximum absolute atomic E-state index is 5.42. The van der Waals surface area contributed by atoms with E-state index in [1.807, 2.05) is 28.8 Å². The minimum Gasteiger partial charge on any atom is -0.379 e. The van der Waals surface area contributed by atoms with Crippen molar-refractivity contribution in [1.82, 2.24) is 30.1 Å². The summed E-state index contributed by atoms with van der Waals surface area (Å²) < 4.78 is 7.38. The molecule has 25 heavy (non-hydrogen) atoms. The van der Waals surface area contributed by atoms with Crippen molar-refractivity contribution in [2.24, 2.45) is 4.99 Å². The van der Waals surface area contributed by atoms with Gasteiger partial charge in [-0.2, -0.15) is 0 Å². The van der Waals surface area contributed by atoms with Gasteiger partial charge in [0.15, 0.2) is 17.4 Å². The first-order valence-electron chi connectivity index (χ1n) is 8.90. The molecule has 2 aromatic rings. The third-order valence-electron chi connectivity index (χ3n) is 4.34. The lowest BCUT2D eigenvalue weighted by molar-refractivity contribution is 0.0211. The van der Waals surface area contributed by atoms with Crippen LogP contribution in [0.25, 0.3) is 5.65 Å². The number of hydrogen-bond acceptors (Lipinski definition) is 5. The summed E-state index contributed by atoms with van der Waals surface area (Å²) in [5.41, 5.74) is 0.839. The van der Waals surface area contributed by atoms with Gasteiger partial charge in [0.05, 0.1) is 13.2 Å². The Balaban J connectivity index is 1.59. The monoisotopic (exact) mass is 345 g/mol. The molecule has 3 rings (SSSR count). The first kappa shape index (κ1) is 17.6. The van der Waals surface area contributed by atoms with Crippen molar-refractivity contribution < 1.29 is 4.74 Å². The van der Waals surface area contributed by atoms with Crippen LogP contribution in [0, 0.1) is 0 Å². The van der Waals surface area contributed by atoms with Crippen LogP contribution < -0.4 is 10.6 Å². The van der Waals surface area contributed by atoms with Crippen molar-refractivity contribution in [2.75, 3.05) is 39.4 Å². The Morgan fingerprint density at radius 3 is 2.92 bits per heavy atom. The van der Waals surface area contributed by atoms with Crippen LogP contribution in [0.2, 0.25) is 0 Å². The Morgan fingerprint density at radius 2 is 2.12 bits per heavy atom. The Kier molecular flexibility index (Phi) is 6.19. The third kappa shape index (κ3) is 4.67. The van der Waals surface area contributed by atoms with E-state index in [-0.39, 0.29) is 0 Å². The zero-order valence-electron chi connectivity index (χ0n) is 15.0. The standard InChI is InChI=1S/C17H27N7O/c1-3-18-17(19-12-14(2)23-8-10-25-11-9-23)20-13-16-22-21-15-6-4-5-7-24(15)16/h4-7,14H,3,8-13H2,1-2H3,(H2,18,19,20). The van der Waals surface area contributed by atoms with Gasteiger partial charge in [0, 0.05) is 38.4 Å². The summed E-state index contributed by atoms with van der Waals surface area (Å²) in [6.45, 7) is 10.0. The molecule has 0 bridgehead atoms. The van der Waals surface area contributed by atoms with E-state index in [4.69, 9.17) is 4.74 Å². The number of aromatic nitrogens is 3. The van der Waals surface area contributed by atoms with Gasteiger partial charge in [-0.25, -0.2) is 4.99 Å². The maximum atomic E-state index is 5.42. The highest BCUT2D eigenvalue weighted by Gasteiger charge is 2.17. The van der Waals surface area contributed by atoms with E-state index in [9.17, 15) is 0 Å². The molecule has 1 aliphatic rings. The van der Waals surface area contributed by atoms with E-state index >= 15 is 0 Å². The van der Waals surface area contributed by atoms with E-state index in [1.165, 1.54) is 0 Å². The second-order valence-corrected chi connectivity index (χ2v) is 6.12.